The average molecular weight is 322 g/mol. The predicted molar refractivity (Wildman–Crippen MR) is 82.4 cm³/mol. The van der Waals surface area contributed by atoms with Gasteiger partial charge in [-0.15, -0.1) is 0 Å². The van der Waals surface area contributed by atoms with Gasteiger partial charge in [-0.1, -0.05) is 42.5 Å². The van der Waals surface area contributed by atoms with Gasteiger partial charge in [-0.2, -0.15) is 13.2 Å². The Labute approximate surface area is 132 Å². The molecule has 0 aliphatic carbocycles. The molecule has 0 aliphatic rings. The first kappa shape index (κ1) is 17.0. The molecule has 3 N–H and O–H groups in total. The van der Waals surface area contributed by atoms with Gasteiger partial charge >= 0.3 is 6.18 Å². The minimum absolute atomic E-state index is 0.144. The first-order valence-corrected chi connectivity index (χ1v) is 7.07. The van der Waals surface area contributed by atoms with E-state index in [2.05, 4.69) is 5.32 Å². The molecule has 6 heteroatoms. The second-order valence-electron chi connectivity index (χ2n) is 5.25. The summed E-state index contributed by atoms with van der Waals surface area (Å²) in [6.07, 6.45) is -4.40. The van der Waals surface area contributed by atoms with E-state index in [9.17, 15) is 18.0 Å². The zero-order valence-electron chi connectivity index (χ0n) is 12.5. The Balaban J connectivity index is 2.19. The molecule has 2 rings (SSSR count). The summed E-state index contributed by atoms with van der Waals surface area (Å²) in [5, 5.41) is 2.94. The number of carbonyl (C=O) groups excluding carboxylic acids is 1. The van der Waals surface area contributed by atoms with Crippen LogP contribution in [0.5, 0.6) is 0 Å². The molecule has 0 radical (unpaired) electrons. The highest BCUT2D eigenvalue weighted by Gasteiger charge is 2.33. The third-order valence-electron chi connectivity index (χ3n) is 3.54. The molecule has 0 aromatic heterocycles. The van der Waals surface area contributed by atoms with Gasteiger partial charge in [0.25, 0.3) is 0 Å². The van der Waals surface area contributed by atoms with Crippen LogP contribution in [-0.2, 0) is 17.5 Å². The van der Waals surface area contributed by atoms with Crippen LogP contribution >= 0.6 is 0 Å². The van der Waals surface area contributed by atoms with E-state index in [0.717, 1.165) is 11.6 Å². The molecule has 0 saturated heterocycles. The van der Waals surface area contributed by atoms with Crippen LogP contribution in [0.2, 0.25) is 0 Å². The van der Waals surface area contributed by atoms with Crippen molar-refractivity contribution in [3.05, 3.63) is 59.7 Å². The molecule has 0 spiro atoms. The van der Waals surface area contributed by atoms with Crippen molar-refractivity contribution in [3.63, 3.8) is 0 Å². The Kier molecular flexibility index (Phi) is 5.05. The monoisotopic (exact) mass is 322 g/mol. The molecule has 0 aliphatic heterocycles. The van der Waals surface area contributed by atoms with E-state index >= 15 is 0 Å². The molecule has 1 atom stereocenters. The minimum atomic E-state index is -4.40. The van der Waals surface area contributed by atoms with Gasteiger partial charge in [-0.05, 0) is 29.7 Å². The number of nitrogens with one attached hydrogen (secondary N) is 1. The first-order chi connectivity index (χ1) is 10.8. The summed E-state index contributed by atoms with van der Waals surface area (Å²) in [4.78, 5) is 10.9. The zero-order chi connectivity index (χ0) is 17.0. The normalized spacial score (nSPS) is 12.9. The van der Waals surface area contributed by atoms with Crippen molar-refractivity contribution < 1.29 is 18.0 Å². The van der Waals surface area contributed by atoms with Gasteiger partial charge in [0.2, 0.25) is 5.91 Å². The maximum Gasteiger partial charge on any atom is 0.417 e. The summed E-state index contributed by atoms with van der Waals surface area (Å²) in [5.74, 6) is -0.458. The van der Waals surface area contributed by atoms with Gasteiger partial charge in [0.1, 0.15) is 0 Å². The van der Waals surface area contributed by atoms with E-state index < -0.39 is 23.7 Å². The fourth-order valence-corrected chi connectivity index (χ4v) is 2.16. The van der Waals surface area contributed by atoms with Crippen LogP contribution in [0.25, 0.3) is 11.1 Å². The SMILES string of the molecule is C[C@H](NCc1ccc(-c2ccccc2C(F)(F)F)cc1)C(N)=O. The summed E-state index contributed by atoms with van der Waals surface area (Å²) in [7, 11) is 0. The smallest absolute Gasteiger partial charge is 0.368 e. The van der Waals surface area contributed by atoms with E-state index in [1.54, 1.807) is 37.3 Å². The van der Waals surface area contributed by atoms with Crippen LogP contribution in [0, 0.1) is 0 Å². The maximum absolute atomic E-state index is 13.0. The van der Waals surface area contributed by atoms with E-state index in [1.807, 2.05) is 0 Å². The maximum atomic E-state index is 13.0. The Morgan fingerprint density at radius 3 is 2.30 bits per heavy atom. The van der Waals surface area contributed by atoms with Gasteiger partial charge in [0.05, 0.1) is 11.6 Å². The van der Waals surface area contributed by atoms with Crippen LogP contribution in [0.15, 0.2) is 48.5 Å². The lowest BCUT2D eigenvalue weighted by atomic mass is 9.98. The lowest BCUT2D eigenvalue weighted by molar-refractivity contribution is -0.137. The molecule has 0 fully saturated rings. The number of amides is 1. The molecule has 2 aromatic carbocycles. The van der Waals surface area contributed by atoms with Crippen molar-refractivity contribution in [2.24, 2.45) is 5.73 Å². The first-order valence-electron chi connectivity index (χ1n) is 7.07. The quantitative estimate of drug-likeness (QED) is 0.887. The number of halogens is 3. The summed E-state index contributed by atoms with van der Waals surface area (Å²) in [6.45, 7) is 2.06. The number of hydrogen-bond acceptors (Lipinski definition) is 2. The van der Waals surface area contributed by atoms with Gasteiger partial charge in [-0.3, -0.25) is 4.79 Å². The van der Waals surface area contributed by atoms with Crippen LogP contribution in [-0.4, -0.2) is 11.9 Å². The molecular formula is C17H17F3N2O. The van der Waals surface area contributed by atoms with Gasteiger partial charge in [-0.25, -0.2) is 0 Å². The highest BCUT2D eigenvalue weighted by Crippen LogP contribution is 2.36. The topological polar surface area (TPSA) is 55.1 Å². The van der Waals surface area contributed by atoms with Crippen molar-refractivity contribution in [1.29, 1.82) is 0 Å². The third-order valence-corrected chi connectivity index (χ3v) is 3.54. The number of primary amides is 1. The molecule has 1 amide bonds. The minimum Gasteiger partial charge on any atom is -0.368 e. The van der Waals surface area contributed by atoms with Crippen molar-refractivity contribution >= 4 is 5.91 Å². The lowest BCUT2D eigenvalue weighted by Gasteiger charge is -2.14. The lowest BCUT2D eigenvalue weighted by Crippen LogP contribution is -2.38. The summed E-state index contributed by atoms with van der Waals surface area (Å²) in [5.41, 5.74) is 5.98. The summed E-state index contributed by atoms with van der Waals surface area (Å²) >= 11 is 0. The predicted octanol–water partition coefficient (Wildman–Crippen LogP) is 3.34. The highest BCUT2D eigenvalue weighted by atomic mass is 19.4. The standard InChI is InChI=1S/C17H17F3N2O/c1-11(16(21)23)22-10-12-6-8-13(9-7-12)14-4-2-3-5-15(14)17(18,19)20/h2-9,11,22H,10H2,1H3,(H2,21,23)/t11-/m0/s1. The molecule has 0 saturated carbocycles. The second kappa shape index (κ2) is 6.83. The van der Waals surface area contributed by atoms with Crippen LogP contribution < -0.4 is 11.1 Å². The number of hydrogen-bond donors (Lipinski definition) is 2. The van der Waals surface area contributed by atoms with E-state index in [1.165, 1.54) is 12.1 Å². The Morgan fingerprint density at radius 1 is 1.13 bits per heavy atom. The fraction of sp³-hybridized carbons (Fsp3) is 0.235. The van der Waals surface area contributed by atoms with Crippen LogP contribution in [0.1, 0.15) is 18.1 Å². The van der Waals surface area contributed by atoms with Crippen molar-refractivity contribution in [2.75, 3.05) is 0 Å². The van der Waals surface area contributed by atoms with Gasteiger partial charge in [0, 0.05) is 6.54 Å². The molecule has 122 valence electrons. The Morgan fingerprint density at radius 2 is 1.74 bits per heavy atom. The Bertz CT molecular complexity index is 681. The average Bonchev–Trinajstić information content (AvgIpc) is 2.52. The molecule has 0 bridgehead atoms. The number of alkyl halides is 3. The molecule has 3 nitrogen and oxygen atoms in total. The van der Waals surface area contributed by atoms with E-state index in [4.69, 9.17) is 5.73 Å². The molecule has 2 aromatic rings. The molecule has 23 heavy (non-hydrogen) atoms. The molecule has 0 unspecified atom stereocenters. The van der Waals surface area contributed by atoms with Crippen molar-refractivity contribution in [3.8, 4) is 11.1 Å². The number of benzene rings is 2. The highest BCUT2D eigenvalue weighted by molar-refractivity contribution is 5.79. The van der Waals surface area contributed by atoms with Crippen molar-refractivity contribution in [2.45, 2.75) is 25.7 Å². The number of carbonyl (C=O) groups is 1. The summed E-state index contributed by atoms with van der Waals surface area (Å²) < 4.78 is 39.1. The fourth-order valence-electron chi connectivity index (χ4n) is 2.16. The molecular weight excluding hydrogens is 305 g/mol. The largest absolute Gasteiger partial charge is 0.417 e. The summed E-state index contributed by atoms with van der Waals surface area (Å²) in [6, 6.07) is 11.7. The van der Waals surface area contributed by atoms with E-state index in [-0.39, 0.29) is 5.56 Å². The van der Waals surface area contributed by atoms with Gasteiger partial charge in [0.15, 0.2) is 0 Å². The molecule has 0 heterocycles. The zero-order valence-corrected chi connectivity index (χ0v) is 12.5. The Hall–Kier alpha value is -2.34. The van der Waals surface area contributed by atoms with Crippen molar-refractivity contribution in [1.82, 2.24) is 5.32 Å². The number of nitrogens with two attached hydrogens (primary N) is 1. The second-order valence-corrected chi connectivity index (χ2v) is 5.25. The van der Waals surface area contributed by atoms with E-state index in [0.29, 0.717) is 12.1 Å². The number of rotatable bonds is 5. The van der Waals surface area contributed by atoms with Gasteiger partial charge < -0.3 is 11.1 Å². The third kappa shape index (κ3) is 4.32. The van der Waals surface area contributed by atoms with Crippen LogP contribution in [0.4, 0.5) is 13.2 Å². The van der Waals surface area contributed by atoms with Crippen LogP contribution in [0.3, 0.4) is 0 Å².